The highest BCUT2D eigenvalue weighted by molar-refractivity contribution is 7.26. The Labute approximate surface area is 386 Å². The van der Waals surface area contributed by atoms with Gasteiger partial charge in [0.05, 0.1) is 11.0 Å². The highest BCUT2D eigenvalue weighted by Gasteiger charge is 2.26. The average Bonchev–Trinajstić information content (AvgIpc) is 4.06. The number of hydrogen-bond acceptors (Lipinski definition) is 5. The first kappa shape index (κ1) is 36.6. The molecule has 0 aliphatic heterocycles. The number of aromatic nitrogens is 4. The highest BCUT2D eigenvalue weighted by Crippen LogP contribution is 2.46. The van der Waals surface area contributed by atoms with Gasteiger partial charge in [-0.1, -0.05) is 146 Å². The van der Waals surface area contributed by atoms with Gasteiger partial charge in [-0.2, -0.15) is 0 Å². The Bertz CT molecular complexity index is 4500. The van der Waals surface area contributed by atoms with Gasteiger partial charge in [-0.05, 0) is 104 Å². The Morgan fingerprint density at radius 3 is 1.67 bits per heavy atom. The Hall–Kier alpha value is -8.71. The summed E-state index contributed by atoms with van der Waals surface area (Å²) in [6.45, 7) is 0. The molecule has 0 amide bonds. The van der Waals surface area contributed by atoms with Gasteiger partial charge in [0.1, 0.15) is 11.3 Å². The minimum atomic E-state index is 0.560. The molecule has 11 aromatic carbocycles. The number of hydrogen-bond donors (Lipinski definition) is 0. The van der Waals surface area contributed by atoms with Gasteiger partial charge >= 0.3 is 0 Å². The molecule has 0 aliphatic carbocycles. The van der Waals surface area contributed by atoms with Crippen molar-refractivity contribution < 1.29 is 4.42 Å². The third-order valence-electron chi connectivity index (χ3n) is 13.8. The Kier molecular flexibility index (Phi) is 7.59. The highest BCUT2D eigenvalue weighted by atomic mass is 32.1. The molecule has 4 heterocycles. The van der Waals surface area contributed by atoms with Gasteiger partial charge in [-0.25, -0.2) is 15.0 Å². The predicted molar refractivity (Wildman–Crippen MR) is 281 cm³/mol. The fourth-order valence-corrected chi connectivity index (χ4v) is 11.8. The average molecular weight is 871 g/mol. The summed E-state index contributed by atoms with van der Waals surface area (Å²) in [7, 11) is 0. The number of furan rings is 1. The van der Waals surface area contributed by atoms with Crippen molar-refractivity contribution in [2.75, 3.05) is 0 Å². The van der Waals surface area contributed by atoms with Crippen molar-refractivity contribution in [3.63, 3.8) is 0 Å². The van der Waals surface area contributed by atoms with E-state index in [2.05, 4.69) is 211 Å². The molecule has 0 saturated heterocycles. The summed E-state index contributed by atoms with van der Waals surface area (Å²) < 4.78 is 12.0. The molecule has 0 saturated carbocycles. The molecular formula is C61H34N4OS. The summed E-state index contributed by atoms with van der Waals surface area (Å²) in [5.74, 6) is 1.78. The van der Waals surface area contributed by atoms with Crippen LogP contribution in [0.1, 0.15) is 0 Å². The zero-order chi connectivity index (χ0) is 43.7. The molecule has 0 spiro atoms. The lowest BCUT2D eigenvalue weighted by Crippen LogP contribution is -2.04. The van der Waals surface area contributed by atoms with E-state index in [0.29, 0.717) is 17.5 Å². The van der Waals surface area contributed by atoms with Gasteiger partial charge in [0.25, 0.3) is 0 Å². The molecular weight excluding hydrogens is 837 g/mol. The monoisotopic (exact) mass is 870 g/mol. The van der Waals surface area contributed by atoms with Crippen LogP contribution < -0.4 is 0 Å². The van der Waals surface area contributed by atoms with Crippen LogP contribution in [0.25, 0.3) is 147 Å². The zero-order valence-corrected chi connectivity index (χ0v) is 36.6. The van der Waals surface area contributed by atoms with Crippen molar-refractivity contribution in [3.8, 4) is 39.9 Å². The first-order valence-electron chi connectivity index (χ1n) is 22.6. The quantitative estimate of drug-likeness (QED) is 0.177. The smallest absolute Gasteiger partial charge is 0.166 e. The van der Waals surface area contributed by atoms with Gasteiger partial charge in [0, 0.05) is 58.4 Å². The van der Waals surface area contributed by atoms with Crippen molar-refractivity contribution in [1.82, 2.24) is 19.5 Å². The van der Waals surface area contributed by atoms with E-state index in [9.17, 15) is 0 Å². The van der Waals surface area contributed by atoms with Crippen LogP contribution in [0.5, 0.6) is 0 Å². The summed E-state index contributed by atoms with van der Waals surface area (Å²) in [4.78, 5) is 16.4. The number of benzene rings is 11. The first-order chi connectivity index (χ1) is 33.2. The molecule has 0 fully saturated rings. The van der Waals surface area contributed by atoms with Gasteiger partial charge < -0.3 is 8.98 Å². The summed E-state index contributed by atoms with van der Waals surface area (Å²) in [5.41, 5.74) is 7.34. The van der Waals surface area contributed by atoms with Crippen LogP contribution in [0.4, 0.5) is 0 Å². The van der Waals surface area contributed by atoms with Crippen molar-refractivity contribution in [1.29, 1.82) is 0 Å². The van der Waals surface area contributed by atoms with E-state index in [0.717, 1.165) is 103 Å². The topological polar surface area (TPSA) is 56.7 Å². The third-order valence-corrected chi connectivity index (χ3v) is 15.0. The molecule has 5 nitrogen and oxygen atoms in total. The number of fused-ring (bicyclic) bond motifs is 14. The SMILES string of the molecule is c1ccc2cc(-c3nc(-c4ccc5c(oc6ccc7ccccc7c65)c4-n4c5cc6ccccc6cc5c5cc6ccccc6cc54)nc(-c4cccc5c4sc4ccccc45)n3)ccc2c1. The van der Waals surface area contributed by atoms with Gasteiger partial charge in [0.2, 0.25) is 0 Å². The summed E-state index contributed by atoms with van der Waals surface area (Å²) in [5, 5.41) is 16.1. The van der Waals surface area contributed by atoms with Crippen LogP contribution in [0.15, 0.2) is 211 Å². The fraction of sp³-hybridized carbons (Fsp3) is 0. The maximum absolute atomic E-state index is 7.23. The molecule has 15 rings (SSSR count). The Morgan fingerprint density at radius 1 is 0.373 bits per heavy atom. The van der Waals surface area contributed by atoms with Crippen molar-refractivity contribution in [3.05, 3.63) is 206 Å². The van der Waals surface area contributed by atoms with E-state index < -0.39 is 0 Å². The lowest BCUT2D eigenvalue weighted by molar-refractivity contribution is 0.667. The van der Waals surface area contributed by atoms with Crippen LogP contribution in [0, 0.1) is 0 Å². The summed E-state index contributed by atoms with van der Waals surface area (Å²) in [6.07, 6.45) is 0. The molecule has 0 N–H and O–H groups in total. The number of thiophene rings is 1. The lowest BCUT2D eigenvalue weighted by Gasteiger charge is -2.16. The Morgan fingerprint density at radius 2 is 0.940 bits per heavy atom. The molecule has 0 atom stereocenters. The number of rotatable bonds is 4. The van der Waals surface area contributed by atoms with E-state index in [1.807, 2.05) is 0 Å². The zero-order valence-electron chi connectivity index (χ0n) is 35.7. The molecule has 6 heteroatoms. The van der Waals surface area contributed by atoms with E-state index in [1.165, 1.54) is 26.2 Å². The minimum absolute atomic E-state index is 0.560. The fourth-order valence-electron chi connectivity index (χ4n) is 10.6. The molecule has 310 valence electrons. The molecule has 0 radical (unpaired) electrons. The summed E-state index contributed by atoms with van der Waals surface area (Å²) in [6, 6.07) is 73.9. The van der Waals surface area contributed by atoms with Crippen LogP contribution in [0.3, 0.4) is 0 Å². The first-order valence-corrected chi connectivity index (χ1v) is 23.4. The van der Waals surface area contributed by atoms with Crippen molar-refractivity contribution in [2.45, 2.75) is 0 Å². The van der Waals surface area contributed by atoms with Crippen LogP contribution in [-0.4, -0.2) is 19.5 Å². The van der Waals surface area contributed by atoms with Gasteiger partial charge in [-0.3, -0.25) is 0 Å². The van der Waals surface area contributed by atoms with Crippen molar-refractivity contribution >= 4 is 118 Å². The van der Waals surface area contributed by atoms with E-state index >= 15 is 0 Å². The molecule has 67 heavy (non-hydrogen) atoms. The molecule has 4 aromatic heterocycles. The molecule has 0 aliphatic rings. The maximum Gasteiger partial charge on any atom is 0.166 e. The summed E-state index contributed by atoms with van der Waals surface area (Å²) >= 11 is 1.78. The number of nitrogens with zero attached hydrogens (tertiary/aromatic N) is 4. The molecule has 0 bridgehead atoms. The maximum atomic E-state index is 7.23. The standard InChI is InChI=1S/C61H34N4OS/c1-2-14-37-30-42(25-24-35(37)12-1)59-62-60(64-61(63-59)48-22-11-21-45-44-20-9-10-23-54(44)67-58(45)48)47-28-27-46-55-43-19-8-7-13-36(43)26-29-53(55)66-57(46)56(47)65-51-33-40-17-5-3-15-38(40)31-49(51)50-32-39-16-4-6-18-41(39)34-52(50)65/h1-34H. The second-order valence-corrected chi connectivity index (χ2v) is 18.6. The van der Waals surface area contributed by atoms with E-state index in [4.69, 9.17) is 19.4 Å². The minimum Gasteiger partial charge on any atom is -0.454 e. The largest absolute Gasteiger partial charge is 0.454 e. The van der Waals surface area contributed by atoms with Crippen LogP contribution in [0.2, 0.25) is 0 Å². The van der Waals surface area contributed by atoms with Crippen LogP contribution >= 0.6 is 11.3 Å². The predicted octanol–water partition coefficient (Wildman–Crippen LogP) is 16.8. The Balaban J connectivity index is 1.11. The normalized spacial score (nSPS) is 12.2. The van der Waals surface area contributed by atoms with Gasteiger partial charge in [-0.15, -0.1) is 11.3 Å². The second-order valence-electron chi connectivity index (χ2n) is 17.5. The third kappa shape index (κ3) is 5.45. The van der Waals surface area contributed by atoms with E-state index in [1.54, 1.807) is 11.3 Å². The van der Waals surface area contributed by atoms with E-state index in [-0.39, 0.29) is 0 Å². The lowest BCUT2D eigenvalue weighted by atomic mass is 10.0. The van der Waals surface area contributed by atoms with Gasteiger partial charge in [0.15, 0.2) is 23.1 Å². The van der Waals surface area contributed by atoms with Crippen molar-refractivity contribution in [2.24, 2.45) is 0 Å². The second kappa shape index (κ2) is 13.9. The molecule has 0 unspecified atom stereocenters. The molecule has 15 aromatic rings. The van der Waals surface area contributed by atoms with Crippen LogP contribution in [-0.2, 0) is 0 Å².